The molecule has 0 spiro atoms. The Labute approximate surface area is 125 Å². The van der Waals surface area contributed by atoms with Gasteiger partial charge in [0.25, 0.3) is 5.91 Å². The van der Waals surface area contributed by atoms with Gasteiger partial charge in [0.05, 0.1) is 6.54 Å². The van der Waals surface area contributed by atoms with Crippen LogP contribution in [0.3, 0.4) is 0 Å². The Hall–Kier alpha value is -1.44. The van der Waals surface area contributed by atoms with Gasteiger partial charge in [0.15, 0.2) is 0 Å². The van der Waals surface area contributed by atoms with Crippen LogP contribution >= 0.6 is 11.8 Å². The van der Waals surface area contributed by atoms with Crippen LogP contribution in [-0.4, -0.2) is 30.5 Å². The van der Waals surface area contributed by atoms with Crippen molar-refractivity contribution >= 4 is 17.7 Å². The Bertz CT molecular complexity index is 517. The number of amides is 1. The minimum Gasteiger partial charge on any atom is -0.350 e. The van der Waals surface area contributed by atoms with Crippen molar-refractivity contribution in [2.24, 2.45) is 5.73 Å². The number of nitrogens with two attached hydrogens (primary N) is 1. The first-order valence-electron chi connectivity index (χ1n) is 6.68. The Morgan fingerprint density at radius 3 is 2.90 bits per heavy atom. The molecule has 0 saturated carbocycles. The summed E-state index contributed by atoms with van der Waals surface area (Å²) >= 11 is 1.78. The van der Waals surface area contributed by atoms with Gasteiger partial charge in [-0.1, -0.05) is 17.9 Å². The summed E-state index contributed by atoms with van der Waals surface area (Å²) in [5.41, 5.74) is 7.94. The number of thioether (sulfide) groups is 1. The third-order valence-electron chi connectivity index (χ3n) is 2.96. The quantitative estimate of drug-likeness (QED) is 0.817. The number of rotatable bonds is 5. The molecule has 1 atom stereocenters. The van der Waals surface area contributed by atoms with Crippen LogP contribution in [0, 0.1) is 18.8 Å². The molecule has 1 aromatic rings. The SMILES string of the molecule is CSCCC(C)NC(=O)c1ccc(C)c(C#CCN)c1. The van der Waals surface area contributed by atoms with Gasteiger partial charge in [0.1, 0.15) is 0 Å². The smallest absolute Gasteiger partial charge is 0.251 e. The Kier molecular flexibility index (Phi) is 7.21. The maximum Gasteiger partial charge on any atom is 0.251 e. The van der Waals surface area contributed by atoms with Gasteiger partial charge in [-0.05, 0) is 50.0 Å². The first-order chi connectivity index (χ1) is 9.58. The molecule has 0 aromatic heterocycles. The zero-order chi connectivity index (χ0) is 15.0. The van der Waals surface area contributed by atoms with Gasteiger partial charge < -0.3 is 11.1 Å². The number of nitrogens with one attached hydrogen (secondary N) is 1. The minimum atomic E-state index is -0.0469. The molecule has 1 rings (SSSR count). The Morgan fingerprint density at radius 2 is 2.25 bits per heavy atom. The summed E-state index contributed by atoms with van der Waals surface area (Å²) in [6, 6.07) is 5.76. The first kappa shape index (κ1) is 16.6. The molecule has 1 aromatic carbocycles. The third-order valence-corrected chi connectivity index (χ3v) is 3.60. The van der Waals surface area contributed by atoms with Crippen LogP contribution in [0.4, 0.5) is 0 Å². The number of aryl methyl sites for hydroxylation is 1. The largest absolute Gasteiger partial charge is 0.350 e. The van der Waals surface area contributed by atoms with Crippen molar-refractivity contribution in [3.63, 3.8) is 0 Å². The second kappa shape index (κ2) is 8.68. The first-order valence-corrected chi connectivity index (χ1v) is 8.07. The average Bonchev–Trinajstić information content (AvgIpc) is 2.44. The lowest BCUT2D eigenvalue weighted by Crippen LogP contribution is -2.33. The van der Waals surface area contributed by atoms with E-state index in [2.05, 4.69) is 23.4 Å². The fraction of sp³-hybridized carbons (Fsp3) is 0.438. The van der Waals surface area contributed by atoms with Crippen LogP contribution in [-0.2, 0) is 0 Å². The normalized spacial score (nSPS) is 11.4. The lowest BCUT2D eigenvalue weighted by molar-refractivity contribution is 0.0939. The van der Waals surface area contributed by atoms with Gasteiger partial charge in [-0.25, -0.2) is 0 Å². The average molecular weight is 290 g/mol. The number of carbonyl (C=O) groups excluding carboxylic acids is 1. The second-order valence-corrected chi connectivity index (χ2v) is 5.68. The molecule has 0 aliphatic carbocycles. The predicted octanol–water partition coefficient (Wildman–Crippen LogP) is 2.18. The lowest BCUT2D eigenvalue weighted by Gasteiger charge is -2.13. The monoisotopic (exact) mass is 290 g/mol. The highest BCUT2D eigenvalue weighted by Gasteiger charge is 2.10. The summed E-state index contributed by atoms with van der Waals surface area (Å²) in [4.78, 5) is 12.2. The van der Waals surface area contributed by atoms with Crippen molar-refractivity contribution in [2.45, 2.75) is 26.3 Å². The fourth-order valence-electron chi connectivity index (χ4n) is 1.72. The van der Waals surface area contributed by atoms with E-state index in [0.717, 1.165) is 23.3 Å². The van der Waals surface area contributed by atoms with Crippen molar-refractivity contribution in [3.05, 3.63) is 34.9 Å². The molecule has 1 unspecified atom stereocenters. The summed E-state index contributed by atoms with van der Waals surface area (Å²) < 4.78 is 0. The molecule has 0 saturated heterocycles. The van der Waals surface area contributed by atoms with Crippen LogP contribution in [0.2, 0.25) is 0 Å². The lowest BCUT2D eigenvalue weighted by atomic mass is 10.0. The van der Waals surface area contributed by atoms with Gasteiger partial charge in [-0.15, -0.1) is 0 Å². The summed E-state index contributed by atoms with van der Waals surface area (Å²) in [5.74, 6) is 6.82. The third kappa shape index (κ3) is 5.28. The van der Waals surface area contributed by atoms with Crippen molar-refractivity contribution < 1.29 is 4.79 Å². The van der Waals surface area contributed by atoms with Gasteiger partial charge in [-0.3, -0.25) is 4.79 Å². The number of hydrogen-bond donors (Lipinski definition) is 2. The number of hydrogen-bond acceptors (Lipinski definition) is 3. The van der Waals surface area contributed by atoms with Crippen LogP contribution in [0.5, 0.6) is 0 Å². The summed E-state index contributed by atoms with van der Waals surface area (Å²) in [6.07, 6.45) is 3.04. The molecule has 20 heavy (non-hydrogen) atoms. The van der Waals surface area contributed by atoms with E-state index in [1.165, 1.54) is 0 Å². The molecule has 4 heteroatoms. The molecule has 0 bridgehead atoms. The highest BCUT2D eigenvalue weighted by Crippen LogP contribution is 2.11. The molecule has 0 radical (unpaired) electrons. The van der Waals surface area contributed by atoms with Gasteiger partial charge in [0.2, 0.25) is 0 Å². The van der Waals surface area contributed by atoms with E-state index < -0.39 is 0 Å². The Balaban J connectivity index is 2.78. The van der Waals surface area contributed by atoms with Gasteiger partial charge in [-0.2, -0.15) is 11.8 Å². The molecule has 3 nitrogen and oxygen atoms in total. The molecular formula is C16H22N2OS. The minimum absolute atomic E-state index is 0.0469. The molecule has 1 amide bonds. The standard InChI is InChI=1S/C16H22N2OS/c1-12-6-7-15(11-14(12)5-4-9-17)16(19)18-13(2)8-10-20-3/h6-7,11,13H,8-10,17H2,1-3H3,(H,18,19). The van der Waals surface area contributed by atoms with E-state index in [0.29, 0.717) is 12.1 Å². The highest BCUT2D eigenvalue weighted by atomic mass is 32.2. The van der Waals surface area contributed by atoms with Crippen LogP contribution in [0.15, 0.2) is 18.2 Å². The molecule has 0 heterocycles. The van der Waals surface area contributed by atoms with E-state index >= 15 is 0 Å². The number of carbonyl (C=O) groups is 1. The second-order valence-electron chi connectivity index (χ2n) is 4.69. The molecular weight excluding hydrogens is 268 g/mol. The molecule has 108 valence electrons. The van der Waals surface area contributed by atoms with Crippen molar-refractivity contribution in [2.75, 3.05) is 18.6 Å². The van der Waals surface area contributed by atoms with Crippen LogP contribution in [0.25, 0.3) is 0 Å². The van der Waals surface area contributed by atoms with E-state index in [4.69, 9.17) is 5.73 Å². The summed E-state index contributed by atoms with van der Waals surface area (Å²) in [6.45, 7) is 4.32. The molecule has 0 aliphatic heterocycles. The van der Waals surface area contributed by atoms with Gasteiger partial charge >= 0.3 is 0 Å². The molecule has 0 fully saturated rings. The summed E-state index contributed by atoms with van der Waals surface area (Å²) in [5, 5.41) is 3.01. The highest BCUT2D eigenvalue weighted by molar-refractivity contribution is 7.98. The number of benzene rings is 1. The fourth-order valence-corrected chi connectivity index (χ4v) is 2.31. The topological polar surface area (TPSA) is 55.1 Å². The van der Waals surface area contributed by atoms with E-state index in [1.807, 2.05) is 32.0 Å². The zero-order valence-corrected chi connectivity index (χ0v) is 13.1. The van der Waals surface area contributed by atoms with Crippen LogP contribution < -0.4 is 11.1 Å². The Morgan fingerprint density at radius 1 is 1.50 bits per heavy atom. The van der Waals surface area contributed by atoms with E-state index in [9.17, 15) is 4.79 Å². The zero-order valence-electron chi connectivity index (χ0n) is 12.3. The van der Waals surface area contributed by atoms with E-state index in [1.54, 1.807) is 11.8 Å². The van der Waals surface area contributed by atoms with Crippen LogP contribution in [0.1, 0.15) is 34.8 Å². The predicted molar refractivity (Wildman–Crippen MR) is 87.0 cm³/mol. The molecule has 3 N–H and O–H groups in total. The maximum atomic E-state index is 12.2. The summed E-state index contributed by atoms with van der Waals surface area (Å²) in [7, 11) is 0. The van der Waals surface area contributed by atoms with E-state index in [-0.39, 0.29) is 11.9 Å². The van der Waals surface area contributed by atoms with Crippen molar-refractivity contribution in [1.29, 1.82) is 0 Å². The van der Waals surface area contributed by atoms with Gasteiger partial charge in [0, 0.05) is 17.2 Å². The van der Waals surface area contributed by atoms with Crippen molar-refractivity contribution in [1.82, 2.24) is 5.32 Å². The maximum absolute atomic E-state index is 12.2. The molecule has 0 aliphatic rings. The van der Waals surface area contributed by atoms with Crippen molar-refractivity contribution in [3.8, 4) is 11.8 Å².